The van der Waals surface area contributed by atoms with Crippen LogP contribution in [-0.2, 0) is 11.3 Å². The molecule has 1 aromatic rings. The van der Waals surface area contributed by atoms with E-state index in [1.165, 1.54) is 11.8 Å². The summed E-state index contributed by atoms with van der Waals surface area (Å²) in [5.41, 5.74) is 1.01. The molecule has 1 aromatic heterocycles. The number of nitrogens with one attached hydrogen (secondary N) is 1. The number of fused-ring (bicyclic) bond motifs is 3. The molecular weight excluding hydrogens is 236 g/mol. The Morgan fingerprint density at radius 1 is 1.59 bits per heavy atom. The van der Waals surface area contributed by atoms with Gasteiger partial charge in [0.1, 0.15) is 11.9 Å². The molecule has 1 amide bonds. The average Bonchev–Trinajstić information content (AvgIpc) is 2.80. The van der Waals surface area contributed by atoms with Crippen LogP contribution in [0, 0.1) is 0 Å². The van der Waals surface area contributed by atoms with E-state index >= 15 is 0 Å². The third-order valence-electron chi connectivity index (χ3n) is 3.28. The summed E-state index contributed by atoms with van der Waals surface area (Å²) < 4.78 is 0. The van der Waals surface area contributed by atoms with Gasteiger partial charge in [0.15, 0.2) is 5.16 Å². The smallest absolute Gasteiger partial charge is 0.243 e. The van der Waals surface area contributed by atoms with Crippen molar-refractivity contribution in [3.63, 3.8) is 0 Å². The molecule has 1 fully saturated rings. The molecule has 0 aromatic carbocycles. The third-order valence-corrected chi connectivity index (χ3v) is 3.84. The van der Waals surface area contributed by atoms with Crippen molar-refractivity contribution in [1.29, 1.82) is 0 Å². The fourth-order valence-corrected chi connectivity index (χ4v) is 2.78. The first-order chi connectivity index (χ1) is 8.29. The van der Waals surface area contributed by atoms with Gasteiger partial charge < -0.3 is 10.2 Å². The number of carbonyl (C=O) groups excluding carboxylic acids is 1. The van der Waals surface area contributed by atoms with E-state index < -0.39 is 0 Å². The van der Waals surface area contributed by atoms with Gasteiger partial charge in [-0.1, -0.05) is 11.8 Å². The topological polar surface area (TPSA) is 58.1 Å². The highest BCUT2D eigenvalue weighted by Gasteiger charge is 2.35. The minimum Gasteiger partial charge on any atom is -0.350 e. The van der Waals surface area contributed by atoms with Crippen molar-refractivity contribution in [3.8, 4) is 0 Å². The lowest BCUT2D eigenvalue weighted by Gasteiger charge is -2.22. The Labute approximate surface area is 104 Å². The fraction of sp³-hybridized carbons (Fsp3) is 0.545. The molecule has 3 heterocycles. The Morgan fingerprint density at radius 2 is 2.47 bits per heavy atom. The first-order valence-electron chi connectivity index (χ1n) is 5.74. The van der Waals surface area contributed by atoms with Crippen molar-refractivity contribution in [2.24, 2.45) is 0 Å². The van der Waals surface area contributed by atoms with Crippen molar-refractivity contribution in [2.75, 3.05) is 17.7 Å². The van der Waals surface area contributed by atoms with Gasteiger partial charge in [-0.3, -0.25) is 4.79 Å². The number of thioether (sulfide) groups is 1. The molecule has 2 aliphatic heterocycles. The number of hydrogen-bond donors (Lipinski definition) is 1. The highest BCUT2D eigenvalue weighted by molar-refractivity contribution is 7.98. The number of carbonyl (C=O) groups is 1. The quantitative estimate of drug-likeness (QED) is 0.590. The summed E-state index contributed by atoms with van der Waals surface area (Å²) in [5, 5.41) is 3.71. The summed E-state index contributed by atoms with van der Waals surface area (Å²) in [6.07, 6.45) is 5.76. The van der Waals surface area contributed by atoms with Crippen LogP contribution < -0.4 is 10.2 Å². The van der Waals surface area contributed by atoms with E-state index in [1.54, 1.807) is 0 Å². The zero-order valence-electron chi connectivity index (χ0n) is 9.64. The second-order valence-corrected chi connectivity index (χ2v) is 5.05. The molecule has 2 aliphatic rings. The number of rotatable bonds is 1. The van der Waals surface area contributed by atoms with Crippen LogP contribution in [-0.4, -0.2) is 34.7 Å². The molecule has 0 spiro atoms. The van der Waals surface area contributed by atoms with Gasteiger partial charge in [-0.15, -0.1) is 0 Å². The summed E-state index contributed by atoms with van der Waals surface area (Å²) in [6, 6.07) is -0.0409. The largest absolute Gasteiger partial charge is 0.350 e. The van der Waals surface area contributed by atoms with Gasteiger partial charge in [-0.2, -0.15) is 0 Å². The maximum Gasteiger partial charge on any atom is 0.243 e. The second kappa shape index (κ2) is 4.18. The molecule has 0 unspecified atom stereocenters. The number of aromatic nitrogens is 2. The first kappa shape index (κ1) is 10.8. The summed E-state index contributed by atoms with van der Waals surface area (Å²) >= 11 is 1.53. The summed E-state index contributed by atoms with van der Waals surface area (Å²) in [7, 11) is 0. The van der Waals surface area contributed by atoms with Crippen molar-refractivity contribution >= 4 is 23.5 Å². The van der Waals surface area contributed by atoms with Crippen LogP contribution in [0.2, 0.25) is 0 Å². The second-order valence-electron chi connectivity index (χ2n) is 4.27. The van der Waals surface area contributed by atoms with Gasteiger partial charge >= 0.3 is 0 Å². The van der Waals surface area contributed by atoms with Crippen LogP contribution in [0.5, 0.6) is 0 Å². The minimum atomic E-state index is -0.0409. The Bertz CT molecular complexity index is 465. The highest BCUT2D eigenvalue weighted by atomic mass is 32.2. The van der Waals surface area contributed by atoms with Gasteiger partial charge in [0.05, 0.1) is 0 Å². The van der Waals surface area contributed by atoms with Crippen LogP contribution in [0.4, 0.5) is 5.82 Å². The third kappa shape index (κ3) is 1.76. The van der Waals surface area contributed by atoms with Crippen LogP contribution in [0.25, 0.3) is 0 Å². The number of nitrogens with zero attached hydrogens (tertiary/aromatic N) is 3. The monoisotopic (exact) mass is 250 g/mol. The average molecular weight is 250 g/mol. The van der Waals surface area contributed by atoms with Crippen molar-refractivity contribution in [3.05, 3.63) is 11.8 Å². The lowest BCUT2D eigenvalue weighted by Crippen LogP contribution is -2.40. The van der Waals surface area contributed by atoms with Gasteiger partial charge in [-0.05, 0) is 19.1 Å². The van der Waals surface area contributed by atoms with E-state index in [4.69, 9.17) is 0 Å². The molecule has 1 saturated heterocycles. The normalized spacial score (nSPS) is 22.8. The van der Waals surface area contributed by atoms with Crippen molar-refractivity contribution in [1.82, 2.24) is 15.3 Å². The Hall–Kier alpha value is -1.30. The maximum atomic E-state index is 11.9. The molecule has 0 bridgehead atoms. The number of amides is 1. The molecule has 1 atom stereocenters. The van der Waals surface area contributed by atoms with E-state index in [0.29, 0.717) is 6.54 Å². The predicted molar refractivity (Wildman–Crippen MR) is 66.0 cm³/mol. The summed E-state index contributed by atoms with van der Waals surface area (Å²) in [5.74, 6) is 1.05. The number of hydrogen-bond acceptors (Lipinski definition) is 5. The standard InChI is InChI=1S/C11H14N4OS/c1-17-11-13-6-7-5-12-10(16)8-3-2-4-15(8)9(7)14-11/h6,8H,2-5H2,1H3,(H,12,16)/t8-/m0/s1. The van der Waals surface area contributed by atoms with E-state index in [1.807, 2.05) is 12.5 Å². The fourth-order valence-electron chi connectivity index (χ4n) is 2.45. The summed E-state index contributed by atoms with van der Waals surface area (Å²) in [6.45, 7) is 1.45. The van der Waals surface area contributed by atoms with Crippen LogP contribution >= 0.6 is 11.8 Å². The lowest BCUT2D eigenvalue weighted by molar-refractivity contribution is -0.122. The van der Waals surface area contributed by atoms with Gasteiger partial charge in [-0.25, -0.2) is 9.97 Å². The van der Waals surface area contributed by atoms with E-state index in [9.17, 15) is 4.79 Å². The van der Waals surface area contributed by atoms with Crippen LogP contribution in [0.15, 0.2) is 11.4 Å². The van der Waals surface area contributed by atoms with E-state index in [-0.39, 0.29) is 11.9 Å². The van der Waals surface area contributed by atoms with Crippen LogP contribution in [0.3, 0.4) is 0 Å². The molecule has 0 aliphatic carbocycles. The lowest BCUT2D eigenvalue weighted by atomic mass is 10.2. The Balaban J connectivity index is 2.07. The highest BCUT2D eigenvalue weighted by Crippen LogP contribution is 2.30. The molecule has 5 nitrogen and oxygen atoms in total. The molecule has 3 rings (SSSR count). The van der Waals surface area contributed by atoms with Crippen molar-refractivity contribution < 1.29 is 4.79 Å². The molecular formula is C11H14N4OS. The molecule has 0 saturated carbocycles. The predicted octanol–water partition coefficient (Wildman–Crippen LogP) is 0.797. The molecule has 17 heavy (non-hydrogen) atoms. The zero-order chi connectivity index (χ0) is 11.8. The zero-order valence-corrected chi connectivity index (χ0v) is 10.5. The molecule has 90 valence electrons. The SMILES string of the molecule is CSc1ncc2c(n1)N1CCC[C@H]1C(=O)NC2. The van der Waals surface area contributed by atoms with Gasteiger partial charge in [0.2, 0.25) is 5.91 Å². The van der Waals surface area contributed by atoms with Gasteiger partial charge in [0, 0.05) is 24.8 Å². The summed E-state index contributed by atoms with van der Waals surface area (Å²) in [4.78, 5) is 22.9. The minimum absolute atomic E-state index is 0.0409. The molecule has 0 radical (unpaired) electrons. The van der Waals surface area contributed by atoms with E-state index in [0.717, 1.165) is 35.9 Å². The van der Waals surface area contributed by atoms with Crippen LogP contribution in [0.1, 0.15) is 18.4 Å². The van der Waals surface area contributed by atoms with E-state index in [2.05, 4.69) is 20.2 Å². The molecule has 1 N–H and O–H groups in total. The Morgan fingerprint density at radius 3 is 3.29 bits per heavy atom. The first-order valence-corrected chi connectivity index (χ1v) is 6.96. The maximum absolute atomic E-state index is 11.9. The van der Waals surface area contributed by atoms with Gasteiger partial charge in [0.25, 0.3) is 0 Å². The Kier molecular flexibility index (Phi) is 2.66. The number of anilines is 1. The molecule has 6 heteroatoms. The van der Waals surface area contributed by atoms with Crippen molar-refractivity contribution in [2.45, 2.75) is 30.6 Å².